The average molecular weight is 1310 g/mol. The lowest BCUT2D eigenvalue weighted by Crippen LogP contribution is -2.60. The van der Waals surface area contributed by atoms with E-state index in [1.165, 1.54) is 27.1 Å². The third kappa shape index (κ3) is 15.9. The Hall–Kier alpha value is -8.48. The van der Waals surface area contributed by atoms with Crippen molar-refractivity contribution in [1.82, 2.24) is 34.3 Å². The predicted molar refractivity (Wildman–Crippen MR) is 360 cm³/mol. The quantitative estimate of drug-likeness (QED) is 0.0778. The minimum Gasteiger partial charge on any atom is -0.444 e. The normalized spacial score (nSPS) is 15.7. The highest BCUT2D eigenvalue weighted by Crippen LogP contribution is 2.38. The third-order valence-electron chi connectivity index (χ3n) is 15.7. The second-order valence-corrected chi connectivity index (χ2v) is 30.9. The van der Waals surface area contributed by atoms with Gasteiger partial charge in [-0.2, -0.15) is 0 Å². The van der Waals surface area contributed by atoms with E-state index in [2.05, 4.69) is 73.4 Å². The highest BCUT2D eigenvalue weighted by molar-refractivity contribution is 7.99. The molecule has 0 bridgehead atoms. The summed E-state index contributed by atoms with van der Waals surface area (Å²) >= 11 is 1.77. The Morgan fingerprint density at radius 1 is 0.446 bits per heavy atom. The summed E-state index contributed by atoms with van der Waals surface area (Å²) in [4.78, 5) is 59.3. The first kappa shape index (κ1) is 66.4. The molecule has 0 spiro atoms. The lowest BCUT2D eigenvalue weighted by molar-refractivity contribution is -0.106. The number of quaternary nitrogens is 1. The summed E-state index contributed by atoms with van der Waals surface area (Å²) in [6.45, 7) is 23.3. The molecule has 3 amide bonds. The van der Waals surface area contributed by atoms with E-state index >= 15 is 0 Å². The van der Waals surface area contributed by atoms with Crippen molar-refractivity contribution in [3.8, 4) is 0 Å². The largest absolute Gasteiger partial charge is 0.444 e. The lowest BCUT2D eigenvalue weighted by Gasteiger charge is -2.38. The van der Waals surface area contributed by atoms with Crippen LogP contribution in [0.5, 0.6) is 0 Å². The second-order valence-electron chi connectivity index (χ2n) is 25.9. The first-order valence-electron chi connectivity index (χ1n) is 30.7. The molecule has 0 unspecified atom stereocenters. The van der Waals surface area contributed by atoms with Crippen molar-refractivity contribution in [3.63, 3.8) is 0 Å². The van der Waals surface area contributed by atoms with Crippen LogP contribution in [0.2, 0.25) is 0 Å². The van der Waals surface area contributed by atoms with Crippen LogP contribution in [-0.4, -0.2) is 165 Å². The van der Waals surface area contributed by atoms with Gasteiger partial charge in [-0.25, -0.2) is 36.4 Å². The number of hydroxylamine groups is 2. The Balaban J connectivity index is 0.000000151. The molecule has 12 rings (SSSR count). The van der Waals surface area contributed by atoms with Crippen LogP contribution < -0.4 is 14.4 Å². The summed E-state index contributed by atoms with van der Waals surface area (Å²) in [5, 5.41) is 13.7. The van der Waals surface area contributed by atoms with Gasteiger partial charge in [0.25, 0.3) is 0 Å². The molecule has 0 aliphatic carbocycles. The molecule has 0 saturated carbocycles. The molecule has 20 nitrogen and oxygen atoms in total. The molecule has 0 atom stereocenters. The van der Waals surface area contributed by atoms with Crippen LogP contribution in [0, 0.1) is 0 Å². The number of nitrogens with one attached hydrogen (secondary N) is 3. The number of aromatic nitrogens is 3. The van der Waals surface area contributed by atoms with Crippen molar-refractivity contribution in [2.45, 2.75) is 108 Å². The summed E-state index contributed by atoms with van der Waals surface area (Å²) in [5.41, 5.74) is 3.71. The van der Waals surface area contributed by atoms with Gasteiger partial charge in [0.15, 0.2) is 5.69 Å². The number of H-pyrrole nitrogens is 3. The van der Waals surface area contributed by atoms with Gasteiger partial charge in [0, 0.05) is 137 Å². The lowest BCUT2D eigenvalue weighted by atomic mass is 10.2. The van der Waals surface area contributed by atoms with Crippen LogP contribution >= 0.6 is 11.8 Å². The number of rotatable bonds is 9. The van der Waals surface area contributed by atoms with Gasteiger partial charge in [-0.05, 0) is 141 Å². The van der Waals surface area contributed by atoms with E-state index in [0.29, 0.717) is 74.3 Å². The molecule has 3 aromatic heterocycles. The first-order chi connectivity index (χ1) is 43.5. The maximum absolute atomic E-state index is 13.2. The number of sulfone groups is 2. The highest BCUT2D eigenvalue weighted by Gasteiger charge is 2.39. The van der Waals surface area contributed by atoms with Crippen LogP contribution in [-0.2, 0) is 33.9 Å². The number of carbonyl (C=O) groups excluding carboxylic acids is 3. The minimum absolute atomic E-state index is 0.166. The Morgan fingerprint density at radius 2 is 0.804 bits per heavy atom. The van der Waals surface area contributed by atoms with E-state index in [1.54, 1.807) is 112 Å². The van der Waals surface area contributed by atoms with Gasteiger partial charge in [0.05, 0.1) is 32.7 Å². The Bertz CT molecular complexity index is 4290. The standard InChI is InChI=1S/C23H28N3O5S.C23H27N3O4S.C23H27N3O2S/c1-23(2,3)31-22(27)25-11-13-26(28,14-12-25)17-9-10-20-19(15-17)21(16-24-20)32(29,30)18-7-5-4-6-8-18;1-23(2,3)30-22(27)26-13-11-25(12-14-26)17-9-10-20-19(15-17)21(16-24-20)31(28,29)18-7-5-4-6-8-18;1-23(2,3)28-22(27)26-13-11-25(12-14-26)17-9-10-20-19(15-17)21(16-24-20)29-18-7-5-4-6-8-18/h4-10,15-16,24,28H,11-14H2,1-3H3;4-10,15-16,24H,11-14H2,1-3H3;4-10,15-16,24H,11-14H2,1-3H3/q+1;;. The molecular formula is C69H82N9O11S3+. The third-order valence-corrected chi connectivity index (χ3v) is 20.4. The van der Waals surface area contributed by atoms with E-state index in [0.717, 1.165) is 29.8 Å². The molecule has 4 N–H and O–H groups in total. The number of aromatic amines is 3. The number of benzene rings is 6. The van der Waals surface area contributed by atoms with Gasteiger partial charge in [-0.15, -0.1) is 4.65 Å². The smallest absolute Gasteiger partial charge is 0.410 e. The summed E-state index contributed by atoms with van der Waals surface area (Å²) in [6, 6.07) is 44.7. The molecule has 3 saturated heterocycles. The van der Waals surface area contributed by atoms with Crippen LogP contribution in [0.1, 0.15) is 62.3 Å². The fourth-order valence-corrected chi connectivity index (χ4v) is 14.8. The molecule has 9 aromatic rings. The van der Waals surface area contributed by atoms with Crippen LogP contribution in [0.4, 0.5) is 31.4 Å². The fraction of sp³-hybridized carbons (Fsp3) is 0.348. The molecule has 3 fully saturated rings. The number of nitrogens with zero attached hydrogens (tertiary/aromatic N) is 6. The van der Waals surface area contributed by atoms with Gasteiger partial charge in [0.1, 0.15) is 29.9 Å². The van der Waals surface area contributed by atoms with E-state index in [-0.39, 0.29) is 49.5 Å². The van der Waals surface area contributed by atoms with E-state index in [9.17, 15) is 36.4 Å². The number of piperazine rings is 3. The number of amides is 3. The van der Waals surface area contributed by atoms with Crippen LogP contribution in [0.25, 0.3) is 32.7 Å². The van der Waals surface area contributed by atoms with Crippen molar-refractivity contribution >= 4 is 99.5 Å². The van der Waals surface area contributed by atoms with Crippen LogP contribution in [0.3, 0.4) is 0 Å². The SMILES string of the molecule is CC(C)(C)OC(=O)N1CCN(c2ccc3[nH]cc(S(=O)(=O)c4ccccc4)c3c2)CC1.CC(C)(C)OC(=O)N1CCN(c2ccc3[nH]cc(Sc4ccccc4)c3c2)CC1.CC(C)(C)OC(=O)N1CC[N+](O)(c2ccc3[nH]cc(S(=O)(=O)c4ccccc4)c3c2)CC1. The Labute approximate surface area is 542 Å². The zero-order chi connectivity index (χ0) is 65.8. The number of ether oxygens (including phenoxy) is 3. The summed E-state index contributed by atoms with van der Waals surface area (Å²) < 4.78 is 68.6. The minimum atomic E-state index is -3.72. The van der Waals surface area contributed by atoms with E-state index < -0.39 is 42.6 Å². The highest BCUT2D eigenvalue weighted by atomic mass is 32.2. The van der Waals surface area contributed by atoms with Gasteiger partial charge in [0.2, 0.25) is 19.7 Å². The molecule has 486 valence electrons. The van der Waals surface area contributed by atoms with Gasteiger partial charge in [-0.3, -0.25) is 4.90 Å². The number of hydrogen-bond acceptors (Lipinski definition) is 14. The Morgan fingerprint density at radius 3 is 1.23 bits per heavy atom. The molecule has 6 heterocycles. The predicted octanol–water partition coefficient (Wildman–Crippen LogP) is 13.4. The molecule has 0 radical (unpaired) electrons. The van der Waals surface area contributed by atoms with Gasteiger partial charge < -0.3 is 48.8 Å². The maximum Gasteiger partial charge on any atom is 0.410 e. The maximum atomic E-state index is 13.2. The first-order valence-corrected chi connectivity index (χ1v) is 34.5. The molecule has 23 heteroatoms. The summed E-state index contributed by atoms with van der Waals surface area (Å²) in [6.07, 6.45) is 4.19. The van der Waals surface area contributed by atoms with Gasteiger partial charge in [-0.1, -0.05) is 66.4 Å². The van der Waals surface area contributed by atoms with Crippen molar-refractivity contribution in [1.29, 1.82) is 0 Å². The Kier molecular flexibility index (Phi) is 19.5. The van der Waals surface area contributed by atoms with Crippen molar-refractivity contribution in [2.24, 2.45) is 0 Å². The second kappa shape index (κ2) is 27.0. The number of fused-ring (bicyclic) bond motifs is 3. The molecule has 3 aliphatic heterocycles. The van der Waals surface area contributed by atoms with Crippen molar-refractivity contribution in [2.75, 3.05) is 88.3 Å². The van der Waals surface area contributed by atoms with E-state index in [4.69, 9.17) is 14.2 Å². The summed E-state index contributed by atoms with van der Waals surface area (Å²) in [7, 11) is -7.34. The zero-order valence-electron chi connectivity index (χ0n) is 53.5. The fourth-order valence-electron chi connectivity index (χ4n) is 11.0. The number of carbonyl (C=O) groups is 3. The van der Waals surface area contributed by atoms with Crippen molar-refractivity contribution < 1.29 is 50.6 Å². The average Bonchev–Trinajstić information content (AvgIpc) is 1.52. The molecule has 3 aliphatic rings. The molecule has 92 heavy (non-hydrogen) atoms. The van der Waals surface area contributed by atoms with Crippen LogP contribution in [0.15, 0.2) is 194 Å². The summed E-state index contributed by atoms with van der Waals surface area (Å²) in [5.74, 6) is 0. The number of hydrogen-bond donors (Lipinski definition) is 4. The zero-order valence-corrected chi connectivity index (χ0v) is 56.0. The molecular weight excluding hydrogens is 1230 g/mol. The van der Waals surface area contributed by atoms with E-state index in [1.807, 2.05) is 86.6 Å². The monoisotopic (exact) mass is 1310 g/mol. The number of anilines is 2. The van der Waals surface area contributed by atoms with Crippen molar-refractivity contribution in [3.05, 3.63) is 164 Å². The van der Waals surface area contributed by atoms with Gasteiger partial charge >= 0.3 is 18.3 Å². The molecule has 6 aromatic carbocycles. The topological polar surface area (TPSA) is 231 Å².